The fraction of sp³-hybridized carbons (Fsp3) is 0.333. The highest BCUT2D eigenvalue weighted by Gasteiger charge is 2.14. The van der Waals surface area contributed by atoms with E-state index in [1.165, 1.54) is 5.56 Å². The number of nitrogens with two attached hydrogens (primary N) is 1. The Morgan fingerprint density at radius 2 is 1.67 bits per heavy atom. The molecule has 0 heterocycles. The van der Waals surface area contributed by atoms with Gasteiger partial charge in [0.15, 0.2) is 0 Å². The van der Waals surface area contributed by atoms with Gasteiger partial charge in [0.1, 0.15) is 11.9 Å². The normalized spacial score (nSPS) is 12.5. The summed E-state index contributed by atoms with van der Waals surface area (Å²) in [6.07, 6.45) is -0.126. The molecule has 0 aliphatic carbocycles. The van der Waals surface area contributed by atoms with E-state index in [4.69, 9.17) is 10.5 Å². The molecule has 2 aromatic rings. The van der Waals surface area contributed by atoms with Crippen LogP contribution < -0.4 is 10.5 Å². The van der Waals surface area contributed by atoms with Crippen LogP contribution >= 0.6 is 15.9 Å². The average molecular weight is 348 g/mol. The highest BCUT2D eigenvalue weighted by atomic mass is 79.9. The van der Waals surface area contributed by atoms with E-state index in [9.17, 15) is 0 Å². The Hall–Kier alpha value is -1.32. The summed E-state index contributed by atoms with van der Waals surface area (Å²) in [6.45, 7) is 6.88. The Balaban J connectivity index is 2.26. The number of hydrogen-bond donors (Lipinski definition) is 1. The second-order valence-corrected chi connectivity index (χ2v) is 6.49. The van der Waals surface area contributed by atoms with Gasteiger partial charge in [0.25, 0.3) is 0 Å². The molecule has 0 aromatic heterocycles. The van der Waals surface area contributed by atoms with E-state index in [1.807, 2.05) is 24.3 Å². The van der Waals surface area contributed by atoms with Crippen molar-refractivity contribution < 1.29 is 4.74 Å². The first-order valence-electron chi connectivity index (χ1n) is 7.24. The summed E-state index contributed by atoms with van der Waals surface area (Å²) in [4.78, 5) is 0. The van der Waals surface area contributed by atoms with Gasteiger partial charge in [-0.3, -0.25) is 0 Å². The molecule has 3 heteroatoms. The second-order valence-electron chi connectivity index (χ2n) is 5.57. The van der Waals surface area contributed by atoms with Crippen molar-refractivity contribution in [1.29, 1.82) is 0 Å². The van der Waals surface area contributed by atoms with Crippen LogP contribution in [-0.2, 0) is 0 Å². The molecule has 0 amide bonds. The van der Waals surface area contributed by atoms with Crippen LogP contribution in [-0.4, -0.2) is 6.54 Å². The largest absolute Gasteiger partial charge is 0.484 e. The maximum atomic E-state index is 6.17. The van der Waals surface area contributed by atoms with Crippen molar-refractivity contribution in [1.82, 2.24) is 0 Å². The molecule has 21 heavy (non-hydrogen) atoms. The molecule has 0 spiro atoms. The minimum Gasteiger partial charge on any atom is -0.484 e. The minimum absolute atomic E-state index is 0.126. The Morgan fingerprint density at radius 3 is 2.24 bits per heavy atom. The lowest BCUT2D eigenvalue weighted by Crippen LogP contribution is -2.18. The monoisotopic (exact) mass is 347 g/mol. The first kappa shape index (κ1) is 16.1. The molecular weight excluding hydrogens is 326 g/mol. The Labute approximate surface area is 135 Å². The maximum absolute atomic E-state index is 6.17. The molecule has 0 saturated carbocycles. The zero-order valence-corrected chi connectivity index (χ0v) is 14.4. The lowest BCUT2D eigenvalue weighted by molar-refractivity contribution is 0.212. The van der Waals surface area contributed by atoms with E-state index < -0.39 is 0 Å². The summed E-state index contributed by atoms with van der Waals surface area (Å²) < 4.78 is 7.23. The van der Waals surface area contributed by atoms with Crippen LogP contribution in [0.3, 0.4) is 0 Å². The van der Waals surface area contributed by atoms with Crippen LogP contribution in [0.5, 0.6) is 5.75 Å². The summed E-state index contributed by atoms with van der Waals surface area (Å²) in [5.74, 6) is 1.40. The molecule has 1 unspecified atom stereocenters. The second kappa shape index (κ2) is 7.10. The molecule has 0 aliphatic heterocycles. The van der Waals surface area contributed by atoms with Crippen molar-refractivity contribution in [2.45, 2.75) is 32.8 Å². The summed E-state index contributed by atoms with van der Waals surface area (Å²) in [5, 5.41) is 0. The topological polar surface area (TPSA) is 35.2 Å². The quantitative estimate of drug-likeness (QED) is 0.829. The molecule has 0 saturated heterocycles. The van der Waals surface area contributed by atoms with Crippen molar-refractivity contribution in [2.75, 3.05) is 6.54 Å². The number of hydrogen-bond acceptors (Lipinski definition) is 2. The van der Waals surface area contributed by atoms with Gasteiger partial charge >= 0.3 is 0 Å². The number of aryl methyl sites for hydroxylation is 1. The third kappa shape index (κ3) is 4.08. The molecule has 2 rings (SSSR count). The van der Waals surface area contributed by atoms with Crippen LogP contribution in [0.2, 0.25) is 0 Å². The first-order chi connectivity index (χ1) is 10.0. The van der Waals surface area contributed by atoms with Crippen molar-refractivity contribution in [3.63, 3.8) is 0 Å². The van der Waals surface area contributed by atoms with E-state index in [2.05, 4.69) is 54.9 Å². The lowest BCUT2D eigenvalue weighted by Gasteiger charge is -2.20. The van der Waals surface area contributed by atoms with E-state index in [1.54, 1.807) is 0 Å². The Morgan fingerprint density at radius 1 is 1.05 bits per heavy atom. The fourth-order valence-electron chi connectivity index (χ4n) is 2.19. The van der Waals surface area contributed by atoms with Crippen LogP contribution in [0.1, 0.15) is 42.6 Å². The van der Waals surface area contributed by atoms with E-state index in [-0.39, 0.29) is 6.10 Å². The van der Waals surface area contributed by atoms with E-state index in [0.717, 1.165) is 21.3 Å². The van der Waals surface area contributed by atoms with Crippen LogP contribution in [0.4, 0.5) is 0 Å². The molecule has 0 bridgehead atoms. The summed E-state index contributed by atoms with van der Waals surface area (Å²) >= 11 is 3.45. The van der Waals surface area contributed by atoms with Crippen molar-refractivity contribution in [3.05, 3.63) is 63.6 Å². The summed E-state index contributed by atoms with van der Waals surface area (Å²) in [6, 6.07) is 14.5. The van der Waals surface area contributed by atoms with Gasteiger partial charge in [-0.15, -0.1) is 0 Å². The number of rotatable bonds is 5. The van der Waals surface area contributed by atoms with Crippen molar-refractivity contribution in [3.8, 4) is 5.75 Å². The average Bonchev–Trinajstić information content (AvgIpc) is 2.47. The highest BCUT2D eigenvalue weighted by Crippen LogP contribution is 2.28. The van der Waals surface area contributed by atoms with Crippen molar-refractivity contribution in [2.24, 2.45) is 5.73 Å². The SMILES string of the molecule is Cc1ccc(C(C)C)cc1OC(CN)c1ccc(Br)cc1. The summed E-state index contributed by atoms with van der Waals surface area (Å²) in [5.41, 5.74) is 9.41. The fourth-order valence-corrected chi connectivity index (χ4v) is 2.45. The first-order valence-corrected chi connectivity index (χ1v) is 8.03. The van der Waals surface area contributed by atoms with Gasteiger partial charge in [0, 0.05) is 11.0 Å². The van der Waals surface area contributed by atoms with Gasteiger partial charge in [-0.1, -0.05) is 54.0 Å². The molecule has 0 aliphatic rings. The smallest absolute Gasteiger partial charge is 0.136 e. The molecule has 112 valence electrons. The van der Waals surface area contributed by atoms with Gasteiger partial charge in [0.05, 0.1) is 0 Å². The molecule has 2 nitrogen and oxygen atoms in total. The third-order valence-corrected chi connectivity index (χ3v) is 4.13. The zero-order valence-electron chi connectivity index (χ0n) is 12.8. The predicted molar refractivity (Wildman–Crippen MR) is 91.8 cm³/mol. The van der Waals surface area contributed by atoms with Crippen LogP contribution in [0.15, 0.2) is 46.9 Å². The number of halogens is 1. The predicted octanol–water partition coefficient (Wildman–Crippen LogP) is 4.96. The van der Waals surface area contributed by atoms with Crippen molar-refractivity contribution >= 4 is 15.9 Å². The van der Waals surface area contributed by atoms with Crippen LogP contribution in [0.25, 0.3) is 0 Å². The van der Waals surface area contributed by atoms with Gasteiger partial charge in [-0.05, 0) is 47.7 Å². The van der Waals surface area contributed by atoms with E-state index >= 15 is 0 Å². The molecule has 0 fully saturated rings. The number of benzene rings is 2. The van der Waals surface area contributed by atoms with Gasteiger partial charge in [-0.2, -0.15) is 0 Å². The summed E-state index contributed by atoms with van der Waals surface area (Å²) in [7, 11) is 0. The molecular formula is C18H22BrNO. The van der Waals surface area contributed by atoms with Gasteiger partial charge in [-0.25, -0.2) is 0 Å². The standard InChI is InChI=1S/C18H22BrNO/c1-12(2)15-5-4-13(3)17(10-15)21-18(11-20)14-6-8-16(19)9-7-14/h4-10,12,18H,11,20H2,1-3H3. The van der Waals surface area contributed by atoms with Gasteiger partial charge in [0.2, 0.25) is 0 Å². The van der Waals surface area contributed by atoms with Crippen LogP contribution in [0, 0.1) is 6.92 Å². The van der Waals surface area contributed by atoms with Gasteiger partial charge < -0.3 is 10.5 Å². The Kier molecular flexibility index (Phi) is 5.43. The molecule has 2 aromatic carbocycles. The van der Waals surface area contributed by atoms with E-state index in [0.29, 0.717) is 12.5 Å². The minimum atomic E-state index is -0.126. The third-order valence-electron chi connectivity index (χ3n) is 3.60. The highest BCUT2D eigenvalue weighted by molar-refractivity contribution is 9.10. The molecule has 2 N–H and O–H groups in total. The number of ether oxygens (including phenoxy) is 1. The molecule has 1 atom stereocenters. The molecule has 0 radical (unpaired) electrons. The lowest BCUT2D eigenvalue weighted by atomic mass is 10.0. The zero-order chi connectivity index (χ0) is 15.4. The Bertz CT molecular complexity index is 593. The maximum Gasteiger partial charge on any atom is 0.136 e.